The summed E-state index contributed by atoms with van der Waals surface area (Å²) >= 11 is 3.06. The fourth-order valence-corrected chi connectivity index (χ4v) is 6.27. The van der Waals surface area contributed by atoms with Gasteiger partial charge in [-0.05, 0) is 36.3 Å². The molecule has 10 nitrogen and oxygen atoms in total. The van der Waals surface area contributed by atoms with Gasteiger partial charge >= 0.3 is 5.97 Å². The molecule has 0 bridgehead atoms. The van der Waals surface area contributed by atoms with Gasteiger partial charge < -0.3 is 15.2 Å². The molecule has 1 saturated heterocycles. The SMILES string of the molecule is COc1ccc(COC(=O)C2=C(CSc3cc(C)nc4ncnn34)CS[C@H]3C(N)C(=O)N23)cc1. The van der Waals surface area contributed by atoms with Gasteiger partial charge in [-0.1, -0.05) is 12.1 Å². The summed E-state index contributed by atoms with van der Waals surface area (Å²) in [7, 11) is 1.59. The molecule has 12 heteroatoms. The average molecular weight is 499 g/mol. The summed E-state index contributed by atoms with van der Waals surface area (Å²) in [5.41, 5.74) is 8.72. The maximum absolute atomic E-state index is 13.2. The quantitative estimate of drug-likeness (QED) is 0.223. The lowest BCUT2D eigenvalue weighted by molar-refractivity contribution is -0.151. The molecule has 2 atom stereocenters. The van der Waals surface area contributed by atoms with Crippen LogP contribution in [0.2, 0.25) is 0 Å². The Labute approximate surface area is 203 Å². The third-order valence-electron chi connectivity index (χ3n) is 5.55. The molecule has 0 aliphatic carbocycles. The molecule has 2 N–H and O–H groups in total. The van der Waals surface area contributed by atoms with Crippen LogP contribution in [0.5, 0.6) is 5.75 Å². The minimum atomic E-state index is -0.610. The third kappa shape index (κ3) is 4.12. The zero-order chi connectivity index (χ0) is 23.8. The number of fused-ring (bicyclic) bond motifs is 2. The molecule has 1 amide bonds. The number of methoxy groups -OCH3 is 1. The summed E-state index contributed by atoms with van der Waals surface area (Å²) in [6.07, 6.45) is 1.45. The highest BCUT2D eigenvalue weighted by molar-refractivity contribution is 8.01. The maximum Gasteiger partial charge on any atom is 0.355 e. The number of hydrogen-bond acceptors (Lipinski definition) is 10. The summed E-state index contributed by atoms with van der Waals surface area (Å²) in [5.74, 6) is 1.48. The molecule has 4 heterocycles. The number of amides is 1. The summed E-state index contributed by atoms with van der Waals surface area (Å²) in [4.78, 5) is 35.7. The van der Waals surface area contributed by atoms with Crippen molar-refractivity contribution in [2.45, 2.75) is 30.0 Å². The molecule has 1 fully saturated rings. The zero-order valence-electron chi connectivity index (χ0n) is 18.5. The Hall–Kier alpha value is -3.09. The number of carbonyl (C=O) groups excluding carboxylic acids is 2. The highest BCUT2D eigenvalue weighted by atomic mass is 32.2. The average Bonchev–Trinajstić information content (AvgIpc) is 3.33. The first-order chi connectivity index (χ1) is 16.5. The first-order valence-electron chi connectivity index (χ1n) is 10.5. The van der Waals surface area contributed by atoms with Crippen LogP contribution in [-0.4, -0.2) is 66.4 Å². The Morgan fingerprint density at radius 2 is 2.12 bits per heavy atom. The number of aromatic nitrogens is 4. The molecule has 2 aliphatic heterocycles. The van der Waals surface area contributed by atoms with Crippen molar-refractivity contribution in [2.24, 2.45) is 5.73 Å². The predicted molar refractivity (Wildman–Crippen MR) is 127 cm³/mol. The van der Waals surface area contributed by atoms with Crippen LogP contribution in [-0.2, 0) is 20.9 Å². The lowest BCUT2D eigenvalue weighted by atomic mass is 10.0. The van der Waals surface area contributed by atoms with Crippen LogP contribution in [0.15, 0.2) is 53.0 Å². The lowest BCUT2D eigenvalue weighted by Gasteiger charge is -2.48. The van der Waals surface area contributed by atoms with E-state index in [2.05, 4.69) is 15.1 Å². The number of benzene rings is 1. The number of β-lactam (4-membered cyclic amide) rings is 1. The number of carbonyl (C=O) groups is 2. The molecule has 2 aromatic heterocycles. The van der Waals surface area contributed by atoms with E-state index in [9.17, 15) is 9.59 Å². The number of thioether (sulfide) groups is 2. The van der Waals surface area contributed by atoms with Gasteiger partial charge in [-0.3, -0.25) is 9.69 Å². The highest BCUT2D eigenvalue weighted by Gasteiger charge is 2.52. The molecule has 0 spiro atoms. The molecular weight excluding hydrogens is 476 g/mol. The van der Waals surface area contributed by atoms with E-state index in [0.717, 1.165) is 27.6 Å². The van der Waals surface area contributed by atoms with Gasteiger partial charge in [0.15, 0.2) is 0 Å². The second-order valence-corrected chi connectivity index (χ2v) is 9.91. The minimum Gasteiger partial charge on any atom is -0.497 e. The topological polar surface area (TPSA) is 125 Å². The second-order valence-electron chi connectivity index (χ2n) is 7.81. The van der Waals surface area contributed by atoms with E-state index in [1.54, 1.807) is 35.5 Å². The van der Waals surface area contributed by atoms with Gasteiger partial charge in [-0.15, -0.1) is 23.5 Å². The van der Waals surface area contributed by atoms with E-state index >= 15 is 0 Å². The minimum absolute atomic E-state index is 0.0851. The molecule has 5 rings (SSSR count). The molecule has 176 valence electrons. The molecular formula is C22H22N6O4S2. The van der Waals surface area contributed by atoms with E-state index < -0.39 is 12.0 Å². The number of aryl methyl sites for hydroxylation is 1. The number of esters is 1. The summed E-state index contributed by atoms with van der Waals surface area (Å²) in [6.45, 7) is 1.98. The monoisotopic (exact) mass is 498 g/mol. The van der Waals surface area contributed by atoms with Gasteiger partial charge in [0.05, 0.1) is 7.11 Å². The van der Waals surface area contributed by atoms with E-state index in [0.29, 0.717) is 17.3 Å². The Morgan fingerprint density at radius 1 is 1.32 bits per heavy atom. The van der Waals surface area contributed by atoms with Gasteiger partial charge in [0.1, 0.15) is 40.8 Å². The Balaban J connectivity index is 1.38. The van der Waals surface area contributed by atoms with Gasteiger partial charge in [0.25, 0.3) is 5.78 Å². The number of hydrogen-bond donors (Lipinski definition) is 1. The predicted octanol–water partition coefficient (Wildman–Crippen LogP) is 1.77. The number of nitrogens with two attached hydrogens (primary N) is 1. The Bertz CT molecular complexity index is 1290. The van der Waals surface area contributed by atoms with Crippen LogP contribution in [0.1, 0.15) is 11.3 Å². The van der Waals surface area contributed by atoms with Crippen LogP contribution < -0.4 is 10.5 Å². The summed E-state index contributed by atoms with van der Waals surface area (Å²) in [6, 6.07) is 8.57. The van der Waals surface area contributed by atoms with Gasteiger partial charge in [0, 0.05) is 17.2 Å². The molecule has 0 saturated carbocycles. The van der Waals surface area contributed by atoms with Crippen molar-refractivity contribution in [1.82, 2.24) is 24.5 Å². The number of ether oxygens (including phenoxy) is 2. The van der Waals surface area contributed by atoms with Crippen molar-refractivity contribution < 1.29 is 19.1 Å². The van der Waals surface area contributed by atoms with Crippen LogP contribution in [0.25, 0.3) is 5.78 Å². The molecule has 0 radical (unpaired) electrons. The zero-order valence-corrected chi connectivity index (χ0v) is 20.1. The van der Waals surface area contributed by atoms with Crippen molar-refractivity contribution in [3.05, 3.63) is 59.2 Å². The Morgan fingerprint density at radius 3 is 2.88 bits per heavy atom. The van der Waals surface area contributed by atoms with E-state index in [4.69, 9.17) is 15.2 Å². The molecule has 34 heavy (non-hydrogen) atoms. The first kappa shape index (κ1) is 22.7. The summed E-state index contributed by atoms with van der Waals surface area (Å²) in [5, 5.41) is 4.82. The van der Waals surface area contributed by atoms with E-state index in [-0.39, 0.29) is 23.6 Å². The molecule has 2 aliphatic rings. The molecule has 3 aromatic rings. The van der Waals surface area contributed by atoms with Crippen LogP contribution in [0.3, 0.4) is 0 Å². The van der Waals surface area contributed by atoms with Crippen molar-refractivity contribution in [3.8, 4) is 5.75 Å². The van der Waals surface area contributed by atoms with Gasteiger partial charge in [-0.25, -0.2) is 9.78 Å². The highest BCUT2D eigenvalue weighted by Crippen LogP contribution is 2.41. The third-order valence-corrected chi connectivity index (χ3v) is 7.99. The fraction of sp³-hybridized carbons (Fsp3) is 0.318. The number of nitrogens with zero attached hydrogens (tertiary/aromatic N) is 5. The van der Waals surface area contributed by atoms with E-state index in [1.807, 2.05) is 25.1 Å². The van der Waals surface area contributed by atoms with Crippen molar-refractivity contribution in [1.29, 1.82) is 0 Å². The molecule has 1 unspecified atom stereocenters. The standard InChI is InChI=1S/C22H22N6O4S2/c1-12-7-16(28-22(26-12)24-11-25-28)33-9-14-10-34-20-17(23)19(29)27(20)18(14)21(30)32-8-13-3-5-15(31-2)6-4-13/h3-7,11,17,20H,8-10,23H2,1-2H3/t17?,20-/m0/s1. The fourth-order valence-electron chi connectivity index (χ4n) is 3.78. The smallest absolute Gasteiger partial charge is 0.355 e. The van der Waals surface area contributed by atoms with Crippen LogP contribution in [0.4, 0.5) is 0 Å². The maximum atomic E-state index is 13.2. The van der Waals surface area contributed by atoms with Crippen molar-refractivity contribution in [2.75, 3.05) is 18.6 Å². The first-order valence-corrected chi connectivity index (χ1v) is 12.5. The van der Waals surface area contributed by atoms with E-state index in [1.165, 1.54) is 23.0 Å². The second kappa shape index (κ2) is 9.28. The van der Waals surface area contributed by atoms with Gasteiger partial charge in [-0.2, -0.15) is 14.6 Å². The van der Waals surface area contributed by atoms with Crippen molar-refractivity contribution >= 4 is 41.2 Å². The molecule has 1 aromatic carbocycles. The largest absolute Gasteiger partial charge is 0.497 e. The van der Waals surface area contributed by atoms with Crippen LogP contribution in [0, 0.1) is 6.92 Å². The Kier molecular flexibility index (Phi) is 6.19. The van der Waals surface area contributed by atoms with Crippen molar-refractivity contribution in [3.63, 3.8) is 0 Å². The number of rotatable bonds is 7. The normalized spacial score (nSPS) is 19.7. The van der Waals surface area contributed by atoms with Gasteiger partial charge in [0.2, 0.25) is 5.91 Å². The lowest BCUT2D eigenvalue weighted by Crippen LogP contribution is -2.68. The summed E-state index contributed by atoms with van der Waals surface area (Å²) < 4.78 is 12.4. The van der Waals surface area contributed by atoms with Crippen LogP contribution >= 0.6 is 23.5 Å².